The summed E-state index contributed by atoms with van der Waals surface area (Å²) in [6.45, 7) is 1.56. The molecule has 0 atom stereocenters. The van der Waals surface area contributed by atoms with Crippen LogP contribution in [0.3, 0.4) is 0 Å². The number of benzene rings is 2. The van der Waals surface area contributed by atoms with Crippen molar-refractivity contribution < 1.29 is 19.1 Å². The standard InChI is InChI=1S/C22H22ClN3O4/c23-16-11-14(12-19-21(16)30-13-29-19)5-6-20(27)25-17-3-1-2-4-18(17)26-9-7-15(8-10-26)22(24)28/h1-6,11-12,15H,7-10,13H2,(H2,24,28)(H,25,27)/b6-5+. The van der Waals surface area contributed by atoms with Crippen molar-refractivity contribution in [3.63, 3.8) is 0 Å². The van der Waals surface area contributed by atoms with Crippen LogP contribution >= 0.6 is 11.6 Å². The number of piperidine rings is 1. The Bertz CT molecular complexity index is 1000. The Morgan fingerprint density at radius 2 is 1.93 bits per heavy atom. The number of hydrogen-bond acceptors (Lipinski definition) is 5. The van der Waals surface area contributed by atoms with E-state index < -0.39 is 0 Å². The van der Waals surface area contributed by atoms with E-state index in [1.807, 2.05) is 24.3 Å². The third kappa shape index (κ3) is 4.36. The number of nitrogens with two attached hydrogens (primary N) is 1. The lowest BCUT2D eigenvalue weighted by molar-refractivity contribution is -0.122. The van der Waals surface area contributed by atoms with Crippen LogP contribution in [0.5, 0.6) is 11.5 Å². The number of primary amides is 1. The van der Waals surface area contributed by atoms with Gasteiger partial charge in [-0.3, -0.25) is 9.59 Å². The van der Waals surface area contributed by atoms with E-state index in [0.29, 0.717) is 48.1 Å². The highest BCUT2D eigenvalue weighted by atomic mass is 35.5. The first-order valence-corrected chi connectivity index (χ1v) is 10.1. The lowest BCUT2D eigenvalue weighted by Crippen LogP contribution is -2.38. The van der Waals surface area contributed by atoms with E-state index in [9.17, 15) is 9.59 Å². The maximum absolute atomic E-state index is 12.5. The minimum atomic E-state index is -0.261. The summed E-state index contributed by atoms with van der Waals surface area (Å²) in [6.07, 6.45) is 4.54. The zero-order valence-electron chi connectivity index (χ0n) is 16.3. The topological polar surface area (TPSA) is 93.9 Å². The molecule has 2 aromatic carbocycles. The molecule has 2 aliphatic rings. The molecule has 0 bridgehead atoms. The Hall–Kier alpha value is -3.19. The highest BCUT2D eigenvalue weighted by molar-refractivity contribution is 6.32. The lowest BCUT2D eigenvalue weighted by atomic mass is 9.96. The van der Waals surface area contributed by atoms with Gasteiger partial charge in [-0.15, -0.1) is 0 Å². The van der Waals surface area contributed by atoms with Gasteiger partial charge in [-0.25, -0.2) is 0 Å². The Kier molecular flexibility index (Phi) is 5.81. The number of carbonyl (C=O) groups excluding carboxylic acids is 2. The number of carbonyl (C=O) groups is 2. The van der Waals surface area contributed by atoms with Gasteiger partial charge >= 0.3 is 0 Å². The van der Waals surface area contributed by atoms with Crippen molar-refractivity contribution in [2.45, 2.75) is 12.8 Å². The van der Waals surface area contributed by atoms with Crippen LogP contribution in [0, 0.1) is 5.92 Å². The second kappa shape index (κ2) is 8.67. The Morgan fingerprint density at radius 3 is 2.70 bits per heavy atom. The number of nitrogens with one attached hydrogen (secondary N) is 1. The number of fused-ring (bicyclic) bond motifs is 1. The van der Waals surface area contributed by atoms with E-state index in [1.54, 1.807) is 18.2 Å². The van der Waals surface area contributed by atoms with Crippen molar-refractivity contribution >= 4 is 40.9 Å². The molecule has 0 unspecified atom stereocenters. The summed E-state index contributed by atoms with van der Waals surface area (Å²) < 4.78 is 10.6. The Labute approximate surface area is 179 Å². The molecule has 30 heavy (non-hydrogen) atoms. The molecule has 1 fully saturated rings. The molecule has 156 valence electrons. The molecule has 0 aliphatic carbocycles. The smallest absolute Gasteiger partial charge is 0.248 e. The van der Waals surface area contributed by atoms with Crippen LogP contribution < -0.4 is 25.4 Å². The van der Waals surface area contributed by atoms with Crippen molar-refractivity contribution in [1.82, 2.24) is 0 Å². The van der Waals surface area contributed by atoms with Crippen molar-refractivity contribution in [2.75, 3.05) is 30.1 Å². The largest absolute Gasteiger partial charge is 0.454 e. The van der Waals surface area contributed by atoms with Gasteiger partial charge in [-0.1, -0.05) is 23.7 Å². The van der Waals surface area contributed by atoms with Gasteiger partial charge in [-0.05, 0) is 48.7 Å². The number of ether oxygens (including phenoxy) is 2. The predicted molar refractivity (Wildman–Crippen MR) is 116 cm³/mol. The maximum Gasteiger partial charge on any atom is 0.248 e. The SMILES string of the molecule is NC(=O)C1CCN(c2ccccc2NC(=O)/C=C/c2cc(Cl)c3c(c2)OCO3)CC1. The number of halogens is 1. The third-order valence-electron chi connectivity index (χ3n) is 5.28. The average molecular weight is 428 g/mol. The molecule has 1 saturated heterocycles. The average Bonchev–Trinajstić information content (AvgIpc) is 3.22. The molecule has 2 amide bonds. The second-order valence-corrected chi connectivity index (χ2v) is 7.65. The van der Waals surface area contributed by atoms with Gasteiger partial charge in [0.15, 0.2) is 11.5 Å². The monoisotopic (exact) mass is 427 g/mol. The third-order valence-corrected chi connectivity index (χ3v) is 5.56. The van der Waals surface area contributed by atoms with E-state index in [1.165, 1.54) is 6.08 Å². The highest BCUT2D eigenvalue weighted by Gasteiger charge is 2.24. The van der Waals surface area contributed by atoms with Crippen molar-refractivity contribution in [2.24, 2.45) is 11.7 Å². The fraction of sp³-hybridized carbons (Fsp3) is 0.273. The highest BCUT2D eigenvalue weighted by Crippen LogP contribution is 2.40. The molecule has 0 aromatic heterocycles. The predicted octanol–water partition coefficient (Wildman–Crippen LogP) is 3.42. The Balaban J connectivity index is 1.44. The second-order valence-electron chi connectivity index (χ2n) is 7.24. The first-order chi connectivity index (χ1) is 14.5. The molecule has 8 heteroatoms. The molecule has 2 aliphatic heterocycles. The van der Waals surface area contributed by atoms with E-state index in [4.69, 9.17) is 26.8 Å². The number of rotatable bonds is 5. The van der Waals surface area contributed by atoms with Crippen LogP contribution in [0.2, 0.25) is 5.02 Å². The normalized spacial score (nSPS) is 16.1. The maximum atomic E-state index is 12.5. The number of amides is 2. The van der Waals surface area contributed by atoms with Gasteiger partial charge in [0.25, 0.3) is 0 Å². The summed E-state index contributed by atoms with van der Waals surface area (Å²) in [5.41, 5.74) is 7.80. The molecular weight excluding hydrogens is 406 g/mol. The van der Waals surface area contributed by atoms with E-state index in [0.717, 1.165) is 11.3 Å². The number of hydrogen-bond donors (Lipinski definition) is 2. The summed E-state index contributed by atoms with van der Waals surface area (Å²) >= 11 is 6.18. The molecule has 3 N–H and O–H groups in total. The number of nitrogens with zero attached hydrogens (tertiary/aromatic N) is 1. The Morgan fingerprint density at radius 1 is 1.17 bits per heavy atom. The molecular formula is C22H22ClN3O4. The van der Waals surface area contributed by atoms with E-state index in [2.05, 4.69) is 10.2 Å². The summed E-state index contributed by atoms with van der Waals surface area (Å²) in [7, 11) is 0. The first-order valence-electron chi connectivity index (χ1n) is 9.73. The van der Waals surface area contributed by atoms with Crippen LogP contribution in [-0.2, 0) is 9.59 Å². The molecule has 2 heterocycles. The number of para-hydroxylation sites is 2. The zero-order chi connectivity index (χ0) is 21.1. The van der Waals surface area contributed by atoms with Gasteiger partial charge in [0.2, 0.25) is 18.6 Å². The zero-order valence-corrected chi connectivity index (χ0v) is 17.0. The van der Waals surface area contributed by atoms with E-state index in [-0.39, 0.29) is 24.5 Å². The lowest BCUT2D eigenvalue weighted by Gasteiger charge is -2.33. The quantitative estimate of drug-likeness (QED) is 0.713. The molecule has 2 aromatic rings. The van der Waals surface area contributed by atoms with Crippen LogP contribution in [-0.4, -0.2) is 31.7 Å². The van der Waals surface area contributed by atoms with Crippen molar-refractivity contribution in [3.8, 4) is 11.5 Å². The van der Waals surface area contributed by atoms with Crippen LogP contribution in [0.15, 0.2) is 42.5 Å². The molecule has 7 nitrogen and oxygen atoms in total. The van der Waals surface area contributed by atoms with Gasteiger partial charge in [0, 0.05) is 25.1 Å². The number of anilines is 2. The molecule has 0 spiro atoms. The molecule has 4 rings (SSSR count). The van der Waals surface area contributed by atoms with Gasteiger partial charge in [0.05, 0.1) is 16.4 Å². The van der Waals surface area contributed by atoms with Gasteiger partial charge < -0.3 is 25.4 Å². The van der Waals surface area contributed by atoms with Crippen LogP contribution in [0.4, 0.5) is 11.4 Å². The fourth-order valence-electron chi connectivity index (χ4n) is 3.69. The van der Waals surface area contributed by atoms with Crippen LogP contribution in [0.1, 0.15) is 18.4 Å². The summed E-state index contributed by atoms with van der Waals surface area (Å²) in [6, 6.07) is 11.1. The molecule has 0 radical (unpaired) electrons. The first kappa shape index (κ1) is 20.1. The molecule has 0 saturated carbocycles. The summed E-state index contributed by atoms with van der Waals surface area (Å²) in [5, 5.41) is 3.37. The van der Waals surface area contributed by atoms with Crippen molar-refractivity contribution in [3.05, 3.63) is 53.1 Å². The minimum Gasteiger partial charge on any atom is -0.454 e. The van der Waals surface area contributed by atoms with E-state index >= 15 is 0 Å². The summed E-state index contributed by atoms with van der Waals surface area (Å²) in [4.78, 5) is 26.1. The van der Waals surface area contributed by atoms with Gasteiger partial charge in [-0.2, -0.15) is 0 Å². The van der Waals surface area contributed by atoms with Crippen molar-refractivity contribution in [1.29, 1.82) is 0 Å². The minimum absolute atomic E-state index is 0.0838. The van der Waals surface area contributed by atoms with Gasteiger partial charge in [0.1, 0.15) is 0 Å². The van der Waals surface area contributed by atoms with Crippen LogP contribution in [0.25, 0.3) is 6.08 Å². The fourth-order valence-corrected chi connectivity index (χ4v) is 3.96. The summed E-state index contributed by atoms with van der Waals surface area (Å²) in [5.74, 6) is 0.493.